The summed E-state index contributed by atoms with van der Waals surface area (Å²) in [6.07, 6.45) is 0. The average Bonchev–Trinajstić information content (AvgIpc) is 2.85. The molecule has 0 saturated carbocycles. The SMILES string of the molecule is CC(C)c1ccc(C(Br)c2ccc3[nH]c(=O)[nH]c3c2)cc1. The summed E-state index contributed by atoms with van der Waals surface area (Å²) in [5.41, 5.74) is 5.16. The maximum absolute atomic E-state index is 11.3. The van der Waals surface area contributed by atoms with Gasteiger partial charge in [0, 0.05) is 0 Å². The van der Waals surface area contributed by atoms with E-state index in [4.69, 9.17) is 0 Å². The van der Waals surface area contributed by atoms with Gasteiger partial charge >= 0.3 is 5.69 Å². The lowest BCUT2D eigenvalue weighted by molar-refractivity contribution is 0.865. The zero-order valence-electron chi connectivity index (χ0n) is 12.0. The molecule has 0 aliphatic carbocycles. The molecule has 0 aliphatic rings. The number of nitrogens with one attached hydrogen (secondary N) is 2. The van der Waals surface area contributed by atoms with E-state index in [0.717, 1.165) is 16.6 Å². The second kappa shape index (κ2) is 5.53. The van der Waals surface area contributed by atoms with Crippen molar-refractivity contribution >= 4 is 27.0 Å². The Kier molecular flexibility index (Phi) is 3.72. The lowest BCUT2D eigenvalue weighted by Gasteiger charge is -2.12. The second-order valence-electron chi connectivity index (χ2n) is 5.57. The first kappa shape index (κ1) is 14.1. The zero-order chi connectivity index (χ0) is 15.0. The lowest BCUT2D eigenvalue weighted by atomic mass is 9.98. The van der Waals surface area contributed by atoms with Gasteiger partial charge in [0.2, 0.25) is 0 Å². The molecule has 1 aromatic heterocycles. The van der Waals surface area contributed by atoms with Crippen LogP contribution in [0.4, 0.5) is 0 Å². The van der Waals surface area contributed by atoms with E-state index in [2.05, 4.69) is 64.0 Å². The summed E-state index contributed by atoms with van der Waals surface area (Å²) in [5, 5.41) is 0. The van der Waals surface area contributed by atoms with Gasteiger partial charge in [-0.3, -0.25) is 0 Å². The highest BCUT2D eigenvalue weighted by molar-refractivity contribution is 9.09. The number of H-pyrrole nitrogens is 2. The normalized spacial score (nSPS) is 13.0. The molecule has 1 atom stereocenters. The number of fused-ring (bicyclic) bond motifs is 1. The van der Waals surface area contributed by atoms with Gasteiger partial charge in [0.15, 0.2) is 0 Å². The van der Waals surface area contributed by atoms with Gasteiger partial charge in [0.05, 0.1) is 15.9 Å². The highest BCUT2D eigenvalue weighted by Gasteiger charge is 2.12. The molecule has 3 nitrogen and oxygen atoms in total. The topological polar surface area (TPSA) is 48.6 Å². The van der Waals surface area contributed by atoms with Crippen LogP contribution in [0.1, 0.15) is 41.3 Å². The lowest BCUT2D eigenvalue weighted by Crippen LogP contribution is -1.99. The Labute approximate surface area is 131 Å². The smallest absolute Gasteiger partial charge is 0.306 e. The molecule has 0 saturated heterocycles. The molecular formula is C17H17BrN2O. The van der Waals surface area contributed by atoms with Crippen LogP contribution in [0.3, 0.4) is 0 Å². The Morgan fingerprint density at radius 1 is 0.857 bits per heavy atom. The Morgan fingerprint density at radius 3 is 2.10 bits per heavy atom. The van der Waals surface area contributed by atoms with Crippen molar-refractivity contribution in [2.45, 2.75) is 24.6 Å². The van der Waals surface area contributed by atoms with Crippen LogP contribution in [0.5, 0.6) is 0 Å². The standard InChI is InChI=1S/C17H17BrN2O/c1-10(2)11-3-5-12(6-4-11)16(18)13-7-8-14-15(9-13)20-17(21)19-14/h3-10,16H,1-2H3,(H2,19,20,21). The average molecular weight is 345 g/mol. The van der Waals surface area contributed by atoms with Crippen molar-refractivity contribution in [1.82, 2.24) is 9.97 Å². The minimum Gasteiger partial charge on any atom is -0.306 e. The summed E-state index contributed by atoms with van der Waals surface area (Å²) in [6.45, 7) is 4.38. The predicted molar refractivity (Wildman–Crippen MR) is 90.2 cm³/mol. The van der Waals surface area contributed by atoms with Gasteiger partial charge in [-0.1, -0.05) is 60.1 Å². The third-order valence-corrected chi connectivity index (χ3v) is 4.79. The molecule has 0 fully saturated rings. The van der Waals surface area contributed by atoms with Crippen LogP contribution in [0.2, 0.25) is 0 Å². The van der Waals surface area contributed by atoms with Crippen molar-refractivity contribution in [3.8, 4) is 0 Å². The first-order chi connectivity index (χ1) is 10.0. The fourth-order valence-corrected chi connectivity index (χ4v) is 3.04. The van der Waals surface area contributed by atoms with Gasteiger partial charge in [-0.05, 0) is 34.7 Å². The van der Waals surface area contributed by atoms with E-state index in [9.17, 15) is 4.79 Å². The van der Waals surface area contributed by atoms with E-state index in [1.807, 2.05) is 18.2 Å². The second-order valence-corrected chi connectivity index (χ2v) is 6.48. The van der Waals surface area contributed by atoms with Crippen LogP contribution >= 0.6 is 15.9 Å². The first-order valence-corrected chi connectivity index (χ1v) is 7.92. The number of halogens is 1. The molecule has 21 heavy (non-hydrogen) atoms. The van der Waals surface area contributed by atoms with E-state index in [0.29, 0.717) is 5.92 Å². The van der Waals surface area contributed by atoms with Crippen LogP contribution in [0.25, 0.3) is 11.0 Å². The van der Waals surface area contributed by atoms with Crippen LogP contribution in [0.15, 0.2) is 47.3 Å². The van der Waals surface area contributed by atoms with Crippen molar-refractivity contribution in [3.63, 3.8) is 0 Å². The van der Waals surface area contributed by atoms with Crippen molar-refractivity contribution in [3.05, 3.63) is 69.6 Å². The van der Waals surface area contributed by atoms with E-state index in [1.54, 1.807) is 0 Å². The van der Waals surface area contributed by atoms with Crippen molar-refractivity contribution in [2.75, 3.05) is 0 Å². The molecule has 4 heteroatoms. The van der Waals surface area contributed by atoms with Crippen LogP contribution in [-0.4, -0.2) is 9.97 Å². The molecule has 3 aromatic rings. The van der Waals surface area contributed by atoms with E-state index in [1.165, 1.54) is 11.1 Å². The molecule has 1 heterocycles. The quantitative estimate of drug-likeness (QED) is 0.677. The van der Waals surface area contributed by atoms with Crippen LogP contribution in [0, 0.1) is 0 Å². The molecule has 0 radical (unpaired) electrons. The number of aromatic nitrogens is 2. The van der Waals surface area contributed by atoms with E-state index >= 15 is 0 Å². The maximum Gasteiger partial charge on any atom is 0.323 e. The summed E-state index contributed by atoms with van der Waals surface area (Å²) in [4.78, 5) is 17.0. The summed E-state index contributed by atoms with van der Waals surface area (Å²) in [6, 6.07) is 14.6. The number of alkyl halides is 1. The van der Waals surface area contributed by atoms with Gasteiger partial charge in [0.25, 0.3) is 0 Å². The molecule has 1 unspecified atom stereocenters. The number of benzene rings is 2. The largest absolute Gasteiger partial charge is 0.323 e. The fourth-order valence-electron chi connectivity index (χ4n) is 2.45. The zero-order valence-corrected chi connectivity index (χ0v) is 13.6. The molecule has 108 valence electrons. The highest BCUT2D eigenvalue weighted by Crippen LogP contribution is 2.32. The monoisotopic (exact) mass is 344 g/mol. The fraction of sp³-hybridized carbons (Fsp3) is 0.235. The molecule has 0 spiro atoms. The molecular weight excluding hydrogens is 328 g/mol. The predicted octanol–water partition coefficient (Wildman–Crippen LogP) is 4.46. The van der Waals surface area contributed by atoms with Gasteiger partial charge in [-0.15, -0.1) is 0 Å². The van der Waals surface area contributed by atoms with Crippen molar-refractivity contribution in [2.24, 2.45) is 0 Å². The molecule has 2 N–H and O–H groups in total. The number of aromatic amines is 2. The maximum atomic E-state index is 11.3. The summed E-state index contributed by atoms with van der Waals surface area (Å²) in [7, 11) is 0. The number of rotatable bonds is 3. The van der Waals surface area contributed by atoms with Gasteiger partial charge in [-0.2, -0.15) is 0 Å². The minimum atomic E-state index is -0.172. The Hall–Kier alpha value is -1.81. The van der Waals surface area contributed by atoms with Crippen LogP contribution < -0.4 is 5.69 Å². The first-order valence-electron chi connectivity index (χ1n) is 7.00. The molecule has 0 amide bonds. The van der Waals surface area contributed by atoms with Crippen molar-refractivity contribution in [1.29, 1.82) is 0 Å². The highest BCUT2D eigenvalue weighted by atomic mass is 79.9. The molecule has 0 aliphatic heterocycles. The van der Waals surface area contributed by atoms with Crippen LogP contribution in [-0.2, 0) is 0 Å². The van der Waals surface area contributed by atoms with E-state index < -0.39 is 0 Å². The third kappa shape index (κ3) is 2.81. The molecule has 2 aromatic carbocycles. The molecule has 3 rings (SSSR count). The summed E-state index contributed by atoms with van der Waals surface area (Å²) < 4.78 is 0. The third-order valence-electron chi connectivity index (χ3n) is 3.73. The number of hydrogen-bond donors (Lipinski definition) is 2. The molecule has 0 bridgehead atoms. The minimum absolute atomic E-state index is 0.113. The Bertz CT molecular complexity index is 815. The number of hydrogen-bond acceptors (Lipinski definition) is 1. The van der Waals surface area contributed by atoms with Gasteiger partial charge in [-0.25, -0.2) is 4.79 Å². The van der Waals surface area contributed by atoms with Gasteiger partial charge in [0.1, 0.15) is 0 Å². The Morgan fingerprint density at radius 2 is 1.43 bits per heavy atom. The number of imidazole rings is 1. The Balaban J connectivity index is 1.95. The van der Waals surface area contributed by atoms with Crippen molar-refractivity contribution < 1.29 is 0 Å². The summed E-state index contributed by atoms with van der Waals surface area (Å²) in [5.74, 6) is 0.536. The van der Waals surface area contributed by atoms with E-state index in [-0.39, 0.29) is 10.5 Å². The van der Waals surface area contributed by atoms with Gasteiger partial charge < -0.3 is 9.97 Å². The summed E-state index contributed by atoms with van der Waals surface area (Å²) >= 11 is 3.75.